The van der Waals surface area contributed by atoms with E-state index in [0.717, 1.165) is 0 Å². The van der Waals surface area contributed by atoms with Crippen molar-refractivity contribution in [3.05, 3.63) is 0 Å². The topological polar surface area (TPSA) is 55.1 Å². The van der Waals surface area contributed by atoms with Crippen molar-refractivity contribution >= 4 is 44.0 Å². The summed E-state index contributed by atoms with van der Waals surface area (Å²) in [6.45, 7) is 0.333. The fourth-order valence-corrected chi connectivity index (χ4v) is 5.15. The quantitative estimate of drug-likeness (QED) is 0.644. The number of halogens is 4. The molecule has 0 radical (unpaired) electrons. The molecule has 0 aliphatic carbocycles. The van der Waals surface area contributed by atoms with E-state index in [1.165, 1.54) is 0 Å². The van der Waals surface area contributed by atoms with Crippen LogP contribution in [0.5, 0.6) is 0 Å². The zero-order valence-electron chi connectivity index (χ0n) is 5.88. The van der Waals surface area contributed by atoms with Crippen LogP contribution in [0.1, 0.15) is 6.42 Å². The molecule has 0 aromatic carbocycles. The molecule has 79 valence electrons. The van der Waals surface area contributed by atoms with Gasteiger partial charge >= 0.3 is 88.3 Å². The Kier molecular flexibility index (Phi) is 5.36. The maximum atomic E-state index is 10.4. The Labute approximate surface area is 87.7 Å². The summed E-state index contributed by atoms with van der Waals surface area (Å²) in [4.78, 5) is 10.4. The van der Waals surface area contributed by atoms with E-state index < -0.39 is 16.9 Å². The van der Waals surface area contributed by atoms with E-state index in [-0.39, 0.29) is 0 Å². The number of rotatable bonds is 5. The van der Waals surface area contributed by atoms with Crippen molar-refractivity contribution in [2.45, 2.75) is 12.5 Å². The van der Waals surface area contributed by atoms with Gasteiger partial charge in [-0.2, -0.15) is 0 Å². The molecular weight excluding hydrogens is 429 g/mol. The van der Waals surface area contributed by atoms with Crippen LogP contribution >= 0.6 is 37.7 Å². The van der Waals surface area contributed by atoms with Crippen molar-refractivity contribution in [2.24, 2.45) is 5.73 Å². The van der Waals surface area contributed by atoms with E-state index in [1.807, 2.05) is 0 Å². The third-order valence-electron chi connectivity index (χ3n) is 0.897. The van der Waals surface area contributed by atoms with Crippen LogP contribution in [0.2, 0.25) is 0 Å². The Bertz CT molecular complexity index is 161. The molecule has 8 heteroatoms. The molecule has 0 aliphatic rings. The Balaban J connectivity index is 4.12. The van der Waals surface area contributed by atoms with Gasteiger partial charge in [0.15, 0.2) is 0 Å². The predicted octanol–water partition coefficient (Wildman–Crippen LogP) is 1.71. The zero-order chi connectivity index (χ0) is 9.85. The van der Waals surface area contributed by atoms with E-state index in [0.29, 0.717) is 19.3 Å². The van der Waals surface area contributed by atoms with E-state index in [2.05, 4.69) is 3.88 Å². The van der Waals surface area contributed by atoms with Crippen LogP contribution < -0.4 is 9.61 Å². The molecule has 0 amide bonds. The Morgan fingerprint density at radius 2 is 1.92 bits per heavy atom. The first-order chi connectivity index (χ1) is 5.24. The summed E-state index contributed by atoms with van der Waals surface area (Å²) < 4.78 is 2.48. The van der Waals surface area contributed by atoms with Gasteiger partial charge in [0.25, 0.3) is 0 Å². The molecule has 0 aromatic rings. The first-order valence-corrected chi connectivity index (χ1v) is 15.2. The summed E-state index contributed by atoms with van der Waals surface area (Å²) in [5.41, 5.74) is 5.22. The van der Waals surface area contributed by atoms with Gasteiger partial charge in [0.1, 0.15) is 0 Å². The minimum atomic E-state index is -4.46. The Morgan fingerprint density at radius 3 is 2.17 bits per heavy atom. The Morgan fingerprint density at radius 1 is 1.42 bits per heavy atom. The molecule has 0 spiro atoms. The van der Waals surface area contributed by atoms with Crippen molar-refractivity contribution in [1.82, 2.24) is 3.88 Å². The molecule has 1 unspecified atom stereocenters. The minimum absolute atomic E-state index is 0.333. The second kappa shape index (κ2) is 4.79. The molecule has 0 bridgehead atoms. The van der Waals surface area contributed by atoms with E-state index in [4.69, 9.17) is 43.4 Å². The van der Waals surface area contributed by atoms with E-state index in [9.17, 15) is 4.79 Å². The summed E-state index contributed by atoms with van der Waals surface area (Å²) in [5, 5.41) is 0. The number of nitrogens with one attached hydrogen (secondary N) is 1. The SMILES string of the molecule is NCCC(C=O)[NH][Pt]([Cl])([Cl])([Cl])[Cl]. The average Bonchev–Trinajstić information content (AvgIpc) is 1.82. The maximum absolute atomic E-state index is 10.4. The predicted molar refractivity (Wildman–Crippen MR) is 50.1 cm³/mol. The fraction of sp³-hybridized carbons (Fsp3) is 0.750. The third kappa shape index (κ3) is 8.06. The standard InChI is InChI=1S/C4H9N2O.4ClH.Pt/c5-2-1-4(6)3-7;;;;;/h3-4,6H,1-2,5H2;4*1H;/q-1;;;;;+5/p-4. The first kappa shape index (κ1) is 13.4. The molecule has 1 atom stereocenters. The first-order valence-electron chi connectivity index (χ1n) is 2.81. The number of aldehydes is 1. The van der Waals surface area contributed by atoms with Gasteiger partial charge < -0.3 is 0 Å². The van der Waals surface area contributed by atoms with Crippen LogP contribution in [0.3, 0.4) is 0 Å². The van der Waals surface area contributed by atoms with Crippen LogP contribution in [-0.4, -0.2) is 18.9 Å². The molecule has 12 heavy (non-hydrogen) atoms. The van der Waals surface area contributed by atoms with Gasteiger partial charge in [-0.1, -0.05) is 0 Å². The van der Waals surface area contributed by atoms with Crippen molar-refractivity contribution in [1.29, 1.82) is 0 Å². The van der Waals surface area contributed by atoms with Crippen molar-refractivity contribution < 1.29 is 15.7 Å². The molecule has 0 heterocycles. The van der Waals surface area contributed by atoms with Crippen LogP contribution in [0.4, 0.5) is 0 Å². The molecule has 0 aromatic heterocycles. The van der Waals surface area contributed by atoms with Gasteiger partial charge in [0.05, 0.1) is 0 Å². The van der Waals surface area contributed by atoms with Gasteiger partial charge in [-0.3, -0.25) is 0 Å². The second-order valence-electron chi connectivity index (χ2n) is 1.92. The monoisotopic (exact) mass is 436 g/mol. The normalized spacial score (nSPS) is 17.9. The van der Waals surface area contributed by atoms with Gasteiger partial charge in [0, 0.05) is 0 Å². The summed E-state index contributed by atoms with van der Waals surface area (Å²) in [7, 11) is 17.8. The summed E-state index contributed by atoms with van der Waals surface area (Å²) in [5.74, 6) is 0. The number of carbonyl (C=O) groups excluding carboxylic acids is 1. The van der Waals surface area contributed by atoms with Gasteiger partial charge in [-0.15, -0.1) is 0 Å². The molecule has 0 aliphatic heterocycles. The second-order valence-corrected chi connectivity index (χ2v) is 27.9. The van der Waals surface area contributed by atoms with Crippen LogP contribution in [0, 0.1) is 0 Å². The molecular formula is C4H9Cl4N2OPt. The Hall–Kier alpha value is 1.44. The van der Waals surface area contributed by atoms with Crippen LogP contribution in [-0.2, 0) is 15.7 Å². The molecule has 0 saturated heterocycles. The van der Waals surface area contributed by atoms with Crippen molar-refractivity contribution in [3.8, 4) is 0 Å². The molecule has 0 saturated carbocycles. The van der Waals surface area contributed by atoms with Crippen LogP contribution in [0.25, 0.3) is 0 Å². The summed E-state index contributed by atoms with van der Waals surface area (Å²) in [6, 6.07) is -0.575. The third-order valence-corrected chi connectivity index (χ3v) is 4.99. The number of hydrogen-bond acceptors (Lipinski definition) is 3. The van der Waals surface area contributed by atoms with Gasteiger partial charge in [-0.05, 0) is 0 Å². The number of hydrogen-bond donors (Lipinski definition) is 2. The molecule has 3 N–H and O–H groups in total. The van der Waals surface area contributed by atoms with Crippen molar-refractivity contribution in [2.75, 3.05) is 6.54 Å². The summed E-state index contributed by atoms with van der Waals surface area (Å²) >= 11 is 0. The fourth-order valence-electron chi connectivity index (χ4n) is 0.492. The van der Waals surface area contributed by atoms with Gasteiger partial charge in [-0.25, -0.2) is 0 Å². The van der Waals surface area contributed by atoms with Crippen molar-refractivity contribution in [3.63, 3.8) is 0 Å². The average molecular weight is 438 g/mol. The van der Waals surface area contributed by atoms with E-state index >= 15 is 0 Å². The summed E-state index contributed by atoms with van der Waals surface area (Å²) in [6.07, 6.45) is 1.03. The van der Waals surface area contributed by atoms with Crippen LogP contribution in [0.15, 0.2) is 0 Å². The molecule has 0 rings (SSSR count). The van der Waals surface area contributed by atoms with E-state index in [1.54, 1.807) is 0 Å². The zero-order valence-corrected chi connectivity index (χ0v) is 11.2. The van der Waals surface area contributed by atoms with Gasteiger partial charge in [0.2, 0.25) is 0 Å². The molecule has 0 fully saturated rings. The number of nitrogens with two attached hydrogens (primary N) is 1. The molecule has 3 nitrogen and oxygen atoms in total. The number of carbonyl (C=O) groups is 1.